The van der Waals surface area contributed by atoms with E-state index in [-0.39, 0.29) is 34.1 Å². The average molecular weight is 441 g/mol. The first-order valence-corrected chi connectivity index (χ1v) is 10.8. The first kappa shape index (κ1) is 22.3. The lowest BCUT2D eigenvalue weighted by atomic mass is 9.77. The van der Waals surface area contributed by atoms with Gasteiger partial charge in [-0.05, 0) is 77.9 Å². The zero-order valence-corrected chi connectivity index (χ0v) is 19.1. The summed E-state index contributed by atoms with van der Waals surface area (Å²) in [5.41, 5.74) is 1.74. The molecular formula is C25H30F2N4O. The van der Waals surface area contributed by atoms with Crippen LogP contribution in [0.1, 0.15) is 46.1 Å². The molecule has 0 atom stereocenters. The summed E-state index contributed by atoms with van der Waals surface area (Å²) in [6, 6.07) is 9.44. The topological polar surface area (TPSA) is 56.4 Å². The largest absolute Gasteiger partial charge is 0.380 e. The molecule has 32 heavy (non-hydrogen) atoms. The van der Waals surface area contributed by atoms with E-state index < -0.39 is 11.7 Å². The molecule has 3 N–H and O–H groups in total. The van der Waals surface area contributed by atoms with E-state index in [1.807, 2.05) is 0 Å². The van der Waals surface area contributed by atoms with Gasteiger partial charge in [0.15, 0.2) is 0 Å². The fourth-order valence-electron chi connectivity index (χ4n) is 4.91. The molecule has 170 valence electrons. The molecule has 2 heterocycles. The lowest BCUT2D eigenvalue weighted by Gasteiger charge is -2.53. The Bertz CT molecular complexity index is 1080. The first-order chi connectivity index (χ1) is 15.0. The van der Waals surface area contributed by atoms with Gasteiger partial charge < -0.3 is 16.0 Å². The summed E-state index contributed by atoms with van der Waals surface area (Å²) in [6.07, 6.45) is 3.21. The molecule has 0 aromatic heterocycles. The number of halogens is 2. The average Bonchev–Trinajstić information content (AvgIpc) is 3.02. The van der Waals surface area contributed by atoms with Crippen molar-refractivity contribution >= 4 is 28.5 Å². The third-order valence-electron chi connectivity index (χ3n) is 6.80. The molecule has 5 nitrogen and oxygen atoms in total. The van der Waals surface area contributed by atoms with E-state index in [4.69, 9.17) is 0 Å². The maximum atomic E-state index is 14.9. The van der Waals surface area contributed by atoms with E-state index in [1.54, 1.807) is 24.3 Å². The van der Waals surface area contributed by atoms with Gasteiger partial charge in [0.25, 0.3) is 5.91 Å². The predicted molar refractivity (Wildman–Crippen MR) is 126 cm³/mol. The van der Waals surface area contributed by atoms with Crippen LogP contribution in [-0.4, -0.2) is 35.0 Å². The fraction of sp³-hybridized carbons (Fsp3) is 0.400. The second-order valence-corrected chi connectivity index (χ2v) is 9.95. The van der Waals surface area contributed by atoms with Gasteiger partial charge in [-0.25, -0.2) is 8.78 Å². The van der Waals surface area contributed by atoms with Crippen molar-refractivity contribution in [3.05, 3.63) is 59.8 Å². The molecule has 2 aromatic carbocycles. The second kappa shape index (κ2) is 7.89. The van der Waals surface area contributed by atoms with Gasteiger partial charge in [0.1, 0.15) is 11.6 Å². The highest BCUT2D eigenvalue weighted by molar-refractivity contribution is 6.31. The van der Waals surface area contributed by atoms with Crippen LogP contribution in [0.2, 0.25) is 0 Å². The van der Waals surface area contributed by atoms with Crippen LogP contribution in [0.3, 0.4) is 0 Å². The lowest BCUT2D eigenvalue weighted by molar-refractivity contribution is -0.110. The molecule has 0 unspecified atom stereocenters. The minimum atomic E-state index is -0.483. The van der Waals surface area contributed by atoms with Gasteiger partial charge in [-0.1, -0.05) is 6.07 Å². The van der Waals surface area contributed by atoms with Crippen LogP contribution in [0.5, 0.6) is 0 Å². The van der Waals surface area contributed by atoms with Gasteiger partial charge in [-0.15, -0.1) is 0 Å². The molecule has 2 aromatic rings. The number of rotatable bonds is 4. The second-order valence-electron chi connectivity index (χ2n) is 9.95. The van der Waals surface area contributed by atoms with E-state index in [9.17, 15) is 13.6 Å². The van der Waals surface area contributed by atoms with Crippen molar-refractivity contribution < 1.29 is 13.6 Å². The number of anilines is 3. The van der Waals surface area contributed by atoms with E-state index in [0.717, 1.165) is 12.8 Å². The van der Waals surface area contributed by atoms with Crippen molar-refractivity contribution in [2.75, 3.05) is 23.0 Å². The number of amides is 1. The molecule has 4 rings (SSSR count). The van der Waals surface area contributed by atoms with Crippen molar-refractivity contribution in [1.82, 2.24) is 4.90 Å². The molecule has 0 bridgehead atoms. The Kier molecular flexibility index (Phi) is 5.49. The Morgan fingerprint density at radius 1 is 1.06 bits per heavy atom. The summed E-state index contributed by atoms with van der Waals surface area (Å²) < 4.78 is 29.1. The summed E-state index contributed by atoms with van der Waals surface area (Å²) >= 11 is 0. The predicted octanol–water partition coefficient (Wildman–Crippen LogP) is 5.43. The smallest absolute Gasteiger partial charge is 0.257 e. The number of piperidine rings is 1. The van der Waals surface area contributed by atoms with Crippen molar-refractivity contribution in [3.63, 3.8) is 0 Å². The third-order valence-corrected chi connectivity index (χ3v) is 6.80. The molecule has 7 heteroatoms. The Morgan fingerprint density at radius 3 is 2.41 bits per heavy atom. The summed E-state index contributed by atoms with van der Waals surface area (Å²) in [5.74, 6) is -1.27. The van der Waals surface area contributed by atoms with Crippen molar-refractivity contribution in [3.8, 4) is 0 Å². The monoisotopic (exact) mass is 440 g/mol. The van der Waals surface area contributed by atoms with Crippen molar-refractivity contribution in [2.45, 2.75) is 57.7 Å². The molecule has 2 aliphatic heterocycles. The number of carbonyl (C=O) groups is 1. The van der Waals surface area contributed by atoms with Crippen LogP contribution >= 0.6 is 0 Å². The Labute approximate surface area is 187 Å². The normalized spacial score (nSPS) is 21.3. The first-order valence-electron chi connectivity index (χ1n) is 10.8. The number of likely N-dealkylation sites (tertiary alicyclic amines) is 1. The number of carbonyl (C=O) groups excluding carboxylic acids is 1. The van der Waals surface area contributed by atoms with E-state index >= 15 is 0 Å². The molecule has 2 aliphatic rings. The standard InChI is InChI=1S/C25H30F2N4O/c1-24(2)12-16(13-25(3,4)31(24)5)29-20-10-9-15(11-19(20)27)28-14-17-22-18(26)7-6-8-21(22)30-23(17)32/h6-11,14,16,28-29H,12-13H2,1-5H3,(H,30,32). The third kappa shape index (κ3) is 4.09. The minimum absolute atomic E-state index is 0.00298. The van der Waals surface area contributed by atoms with Crippen LogP contribution in [0.4, 0.5) is 25.8 Å². The Morgan fingerprint density at radius 2 is 1.75 bits per heavy atom. The molecule has 1 fully saturated rings. The van der Waals surface area contributed by atoms with Gasteiger partial charge >= 0.3 is 0 Å². The molecular weight excluding hydrogens is 410 g/mol. The number of nitrogens with one attached hydrogen (secondary N) is 3. The molecule has 0 saturated carbocycles. The quantitative estimate of drug-likeness (QED) is 0.555. The molecule has 1 amide bonds. The van der Waals surface area contributed by atoms with Crippen LogP contribution in [0, 0.1) is 11.6 Å². The van der Waals surface area contributed by atoms with Gasteiger partial charge in [-0.2, -0.15) is 0 Å². The highest BCUT2D eigenvalue weighted by atomic mass is 19.1. The van der Waals surface area contributed by atoms with Gasteiger partial charge in [0.05, 0.1) is 16.9 Å². The van der Waals surface area contributed by atoms with Crippen LogP contribution in [0.25, 0.3) is 5.57 Å². The number of benzene rings is 2. The van der Waals surface area contributed by atoms with Crippen LogP contribution in [-0.2, 0) is 4.79 Å². The maximum absolute atomic E-state index is 14.9. The molecule has 0 radical (unpaired) electrons. The maximum Gasteiger partial charge on any atom is 0.257 e. The SMILES string of the molecule is CN1C(C)(C)CC(Nc2ccc(NC=C3C(=O)Nc4cccc(F)c43)cc2F)CC1(C)C. The number of hydrogen-bond donors (Lipinski definition) is 3. The van der Waals surface area contributed by atoms with Gasteiger partial charge in [0.2, 0.25) is 0 Å². The van der Waals surface area contributed by atoms with Crippen molar-refractivity contribution in [2.24, 2.45) is 0 Å². The van der Waals surface area contributed by atoms with E-state index in [0.29, 0.717) is 17.1 Å². The summed E-state index contributed by atoms with van der Waals surface area (Å²) in [5, 5.41) is 8.93. The van der Waals surface area contributed by atoms with Gasteiger partial charge in [0, 0.05) is 34.6 Å². The number of fused-ring (bicyclic) bond motifs is 1. The lowest BCUT2D eigenvalue weighted by Crippen LogP contribution is -2.61. The molecule has 0 spiro atoms. The minimum Gasteiger partial charge on any atom is -0.380 e. The van der Waals surface area contributed by atoms with Crippen LogP contribution in [0.15, 0.2) is 42.6 Å². The zero-order chi connectivity index (χ0) is 23.3. The Hall–Kier alpha value is -2.93. The Balaban J connectivity index is 1.49. The zero-order valence-electron chi connectivity index (χ0n) is 19.1. The molecule has 0 aliphatic carbocycles. The highest BCUT2D eigenvalue weighted by Crippen LogP contribution is 2.38. The van der Waals surface area contributed by atoms with E-state index in [1.165, 1.54) is 18.3 Å². The van der Waals surface area contributed by atoms with Gasteiger partial charge in [-0.3, -0.25) is 9.69 Å². The van der Waals surface area contributed by atoms with Crippen LogP contribution < -0.4 is 16.0 Å². The highest BCUT2D eigenvalue weighted by Gasteiger charge is 2.43. The summed E-state index contributed by atoms with van der Waals surface area (Å²) in [7, 11) is 2.14. The number of hydrogen-bond acceptors (Lipinski definition) is 4. The van der Waals surface area contributed by atoms with E-state index in [2.05, 4.69) is 55.6 Å². The van der Waals surface area contributed by atoms with Crippen molar-refractivity contribution in [1.29, 1.82) is 0 Å². The number of nitrogens with zero attached hydrogens (tertiary/aromatic N) is 1. The summed E-state index contributed by atoms with van der Waals surface area (Å²) in [6.45, 7) is 8.83. The molecule has 1 saturated heterocycles. The fourth-order valence-corrected chi connectivity index (χ4v) is 4.91. The summed E-state index contributed by atoms with van der Waals surface area (Å²) in [4.78, 5) is 14.6.